The summed E-state index contributed by atoms with van der Waals surface area (Å²) < 4.78 is 5.23. The maximum atomic E-state index is 13.1. The molecule has 1 heterocycles. The molecule has 0 saturated heterocycles. The van der Waals surface area contributed by atoms with Gasteiger partial charge in [0.25, 0.3) is 5.91 Å². The molecule has 4 heteroatoms. The number of anilines is 1. The summed E-state index contributed by atoms with van der Waals surface area (Å²) >= 11 is 0. The molecule has 4 rings (SSSR count). The lowest BCUT2D eigenvalue weighted by Gasteiger charge is -2.10. The van der Waals surface area contributed by atoms with Crippen molar-refractivity contribution in [2.24, 2.45) is 5.10 Å². The Morgan fingerprint density at radius 1 is 0.852 bits per heavy atom. The Hall–Kier alpha value is -3.66. The van der Waals surface area contributed by atoms with Crippen LogP contribution in [0.5, 0.6) is 5.75 Å². The van der Waals surface area contributed by atoms with Crippen LogP contribution in [0.4, 0.5) is 5.69 Å². The number of hydrogen-bond donors (Lipinski definition) is 0. The van der Waals surface area contributed by atoms with Crippen molar-refractivity contribution in [1.82, 2.24) is 0 Å². The first-order valence-electron chi connectivity index (χ1n) is 8.66. The van der Waals surface area contributed by atoms with Crippen LogP contribution in [0, 0.1) is 0 Å². The van der Waals surface area contributed by atoms with E-state index in [-0.39, 0.29) is 5.91 Å². The molecule has 0 atom stereocenters. The molecule has 0 radical (unpaired) electrons. The fourth-order valence-electron chi connectivity index (χ4n) is 2.97. The van der Waals surface area contributed by atoms with Gasteiger partial charge in [-0.1, -0.05) is 48.5 Å². The lowest BCUT2D eigenvalue weighted by atomic mass is 10.00. The number of nitrogens with zero attached hydrogens (tertiary/aromatic N) is 2. The quantitative estimate of drug-likeness (QED) is 0.646. The normalized spacial score (nSPS) is 15.1. The standard InChI is InChI=1S/C23H18N2O2/c1-27-20-14-12-18(13-15-20)22-21(16-17-8-4-2-5-9-17)23(26)25(24-22)19-10-6-3-7-11-19/h2-16H,1H3/b21-16+. The number of hydrogen-bond acceptors (Lipinski definition) is 3. The van der Waals surface area contributed by atoms with Gasteiger partial charge in [0.2, 0.25) is 0 Å². The minimum absolute atomic E-state index is 0.143. The Balaban J connectivity index is 1.81. The topological polar surface area (TPSA) is 41.9 Å². The van der Waals surface area contributed by atoms with Crippen molar-refractivity contribution in [3.05, 3.63) is 102 Å². The molecule has 4 nitrogen and oxygen atoms in total. The van der Waals surface area contributed by atoms with E-state index in [2.05, 4.69) is 5.10 Å². The summed E-state index contributed by atoms with van der Waals surface area (Å²) in [5.74, 6) is 0.619. The first kappa shape index (κ1) is 16.8. The Morgan fingerprint density at radius 2 is 1.48 bits per heavy atom. The third-order valence-corrected chi connectivity index (χ3v) is 4.35. The Kier molecular flexibility index (Phi) is 4.54. The molecule has 0 aliphatic carbocycles. The van der Waals surface area contributed by atoms with Gasteiger partial charge in [-0.05, 0) is 48.0 Å². The van der Waals surface area contributed by atoms with E-state index >= 15 is 0 Å². The number of hydrazone groups is 1. The molecule has 0 fully saturated rings. The summed E-state index contributed by atoms with van der Waals surface area (Å²) in [6, 6.07) is 26.8. The van der Waals surface area contributed by atoms with Crippen molar-refractivity contribution in [3.63, 3.8) is 0 Å². The predicted molar refractivity (Wildman–Crippen MR) is 108 cm³/mol. The Labute approximate surface area is 158 Å². The third kappa shape index (κ3) is 3.37. The van der Waals surface area contributed by atoms with Gasteiger partial charge in [-0.3, -0.25) is 4.79 Å². The summed E-state index contributed by atoms with van der Waals surface area (Å²) in [5, 5.41) is 6.09. The highest BCUT2D eigenvalue weighted by molar-refractivity contribution is 6.37. The van der Waals surface area contributed by atoms with E-state index in [1.165, 1.54) is 5.01 Å². The number of rotatable bonds is 4. The molecule has 0 bridgehead atoms. The molecule has 1 amide bonds. The fraction of sp³-hybridized carbons (Fsp3) is 0.0435. The Bertz CT molecular complexity index is 1010. The molecule has 0 spiro atoms. The van der Waals surface area contributed by atoms with Gasteiger partial charge in [-0.15, -0.1) is 0 Å². The average molecular weight is 354 g/mol. The molecule has 27 heavy (non-hydrogen) atoms. The van der Waals surface area contributed by atoms with E-state index in [9.17, 15) is 4.79 Å². The average Bonchev–Trinajstić information content (AvgIpc) is 3.06. The zero-order chi connectivity index (χ0) is 18.6. The second-order valence-electron chi connectivity index (χ2n) is 6.10. The van der Waals surface area contributed by atoms with Gasteiger partial charge in [0.15, 0.2) is 0 Å². The number of carbonyl (C=O) groups excluding carboxylic acids is 1. The van der Waals surface area contributed by atoms with Crippen LogP contribution in [0.3, 0.4) is 0 Å². The maximum Gasteiger partial charge on any atom is 0.281 e. The van der Waals surface area contributed by atoms with Crippen molar-refractivity contribution in [3.8, 4) is 5.75 Å². The highest BCUT2D eigenvalue weighted by Gasteiger charge is 2.31. The molecule has 0 unspecified atom stereocenters. The highest BCUT2D eigenvalue weighted by Crippen LogP contribution is 2.28. The molecule has 132 valence electrons. The summed E-state index contributed by atoms with van der Waals surface area (Å²) in [6.07, 6.45) is 1.88. The van der Waals surface area contributed by atoms with Crippen LogP contribution in [0.1, 0.15) is 11.1 Å². The van der Waals surface area contributed by atoms with Crippen molar-refractivity contribution in [2.75, 3.05) is 12.1 Å². The lowest BCUT2D eigenvalue weighted by Crippen LogP contribution is -2.21. The number of carbonyl (C=O) groups is 1. The van der Waals surface area contributed by atoms with Crippen molar-refractivity contribution in [2.45, 2.75) is 0 Å². The first-order chi connectivity index (χ1) is 13.3. The van der Waals surface area contributed by atoms with Crippen LogP contribution < -0.4 is 9.75 Å². The van der Waals surface area contributed by atoms with E-state index in [1.807, 2.05) is 91.0 Å². The second kappa shape index (κ2) is 7.30. The summed E-state index contributed by atoms with van der Waals surface area (Å²) in [6.45, 7) is 0. The van der Waals surface area contributed by atoms with Gasteiger partial charge >= 0.3 is 0 Å². The summed E-state index contributed by atoms with van der Waals surface area (Å²) in [4.78, 5) is 13.1. The number of benzene rings is 3. The van der Waals surface area contributed by atoms with Crippen LogP contribution >= 0.6 is 0 Å². The molecule has 1 aliphatic heterocycles. The van der Waals surface area contributed by atoms with Gasteiger partial charge in [-0.25, -0.2) is 0 Å². The minimum atomic E-state index is -0.143. The Morgan fingerprint density at radius 3 is 2.11 bits per heavy atom. The molecule has 3 aromatic rings. The lowest BCUT2D eigenvalue weighted by molar-refractivity contribution is -0.114. The van der Waals surface area contributed by atoms with Crippen molar-refractivity contribution in [1.29, 1.82) is 0 Å². The van der Waals surface area contributed by atoms with Crippen LogP contribution in [0.15, 0.2) is 95.6 Å². The molecule has 1 aliphatic rings. The molecular formula is C23H18N2O2. The molecular weight excluding hydrogens is 336 g/mol. The van der Waals surface area contributed by atoms with E-state index < -0.39 is 0 Å². The zero-order valence-corrected chi connectivity index (χ0v) is 14.9. The number of methoxy groups -OCH3 is 1. The van der Waals surface area contributed by atoms with Crippen LogP contribution in [0.2, 0.25) is 0 Å². The second-order valence-corrected chi connectivity index (χ2v) is 6.10. The van der Waals surface area contributed by atoms with Crippen molar-refractivity contribution < 1.29 is 9.53 Å². The van der Waals surface area contributed by atoms with Gasteiger partial charge in [0, 0.05) is 5.56 Å². The molecule has 0 N–H and O–H groups in total. The first-order valence-corrected chi connectivity index (χ1v) is 8.66. The largest absolute Gasteiger partial charge is 0.497 e. The molecule has 0 aromatic heterocycles. The fourth-order valence-corrected chi connectivity index (χ4v) is 2.97. The predicted octanol–water partition coefficient (Wildman–Crippen LogP) is 4.53. The van der Waals surface area contributed by atoms with Crippen LogP contribution in [-0.4, -0.2) is 18.7 Å². The SMILES string of the molecule is COc1ccc(C2=NN(c3ccccc3)C(=O)/C2=C/c2ccccc2)cc1. The van der Waals surface area contributed by atoms with Gasteiger partial charge < -0.3 is 4.74 Å². The van der Waals surface area contributed by atoms with E-state index in [1.54, 1.807) is 7.11 Å². The highest BCUT2D eigenvalue weighted by atomic mass is 16.5. The van der Waals surface area contributed by atoms with Gasteiger partial charge in [-0.2, -0.15) is 10.1 Å². The molecule has 0 saturated carbocycles. The van der Waals surface area contributed by atoms with Crippen molar-refractivity contribution >= 4 is 23.4 Å². The van der Waals surface area contributed by atoms with E-state index in [0.717, 1.165) is 22.6 Å². The zero-order valence-electron chi connectivity index (χ0n) is 14.9. The maximum absolute atomic E-state index is 13.1. The minimum Gasteiger partial charge on any atom is -0.497 e. The number of amides is 1. The summed E-state index contributed by atoms with van der Waals surface area (Å²) in [5.41, 5.74) is 3.78. The monoisotopic (exact) mass is 354 g/mol. The van der Waals surface area contributed by atoms with E-state index in [0.29, 0.717) is 11.3 Å². The molecule has 3 aromatic carbocycles. The summed E-state index contributed by atoms with van der Waals surface area (Å²) in [7, 11) is 1.63. The number of para-hydroxylation sites is 1. The van der Waals surface area contributed by atoms with Crippen LogP contribution in [0.25, 0.3) is 6.08 Å². The smallest absolute Gasteiger partial charge is 0.281 e. The van der Waals surface area contributed by atoms with Gasteiger partial charge in [0.05, 0.1) is 18.4 Å². The number of ether oxygens (including phenoxy) is 1. The third-order valence-electron chi connectivity index (χ3n) is 4.35. The van der Waals surface area contributed by atoms with Gasteiger partial charge in [0.1, 0.15) is 11.5 Å². The van der Waals surface area contributed by atoms with E-state index in [4.69, 9.17) is 4.74 Å². The van der Waals surface area contributed by atoms with Crippen LogP contribution in [-0.2, 0) is 4.79 Å².